The van der Waals surface area contributed by atoms with Gasteiger partial charge in [-0.05, 0) is 73.5 Å². The van der Waals surface area contributed by atoms with Gasteiger partial charge in [0.2, 0.25) is 0 Å². The zero-order valence-corrected chi connectivity index (χ0v) is 21.9. The van der Waals surface area contributed by atoms with Crippen molar-refractivity contribution in [1.82, 2.24) is 0 Å². The molecule has 0 saturated carbocycles. The van der Waals surface area contributed by atoms with E-state index in [0.29, 0.717) is 11.5 Å². The second kappa shape index (κ2) is 12.0. The lowest BCUT2D eigenvalue weighted by Gasteiger charge is -2.11. The summed E-state index contributed by atoms with van der Waals surface area (Å²) < 4.78 is 28.3. The van der Waals surface area contributed by atoms with Crippen molar-refractivity contribution in [2.45, 2.75) is 20.3 Å². The number of para-hydroxylation sites is 2. The molecule has 0 unspecified atom stereocenters. The van der Waals surface area contributed by atoms with Crippen LogP contribution in [0.25, 0.3) is 22.3 Å². The van der Waals surface area contributed by atoms with Gasteiger partial charge in [-0.15, -0.1) is 0 Å². The predicted molar refractivity (Wildman–Crippen MR) is 148 cm³/mol. The highest BCUT2D eigenvalue weighted by Gasteiger charge is 2.18. The number of methoxy groups -OCH3 is 3. The van der Waals surface area contributed by atoms with Gasteiger partial charge in [0.05, 0.1) is 21.3 Å². The van der Waals surface area contributed by atoms with Gasteiger partial charge in [-0.3, -0.25) is 0 Å². The number of fused-ring (bicyclic) bond motifs is 1. The molecule has 5 heteroatoms. The lowest BCUT2D eigenvalue weighted by molar-refractivity contribution is 0.379. The number of benzene rings is 4. The van der Waals surface area contributed by atoms with Gasteiger partial charge in [0.25, 0.3) is 0 Å². The maximum atomic E-state index is 6.24. The largest absolute Gasteiger partial charge is 0.497 e. The summed E-state index contributed by atoms with van der Waals surface area (Å²) in [7, 11) is 4.97. The highest BCUT2D eigenvalue weighted by Crippen LogP contribution is 2.41. The molecule has 5 rings (SSSR count). The van der Waals surface area contributed by atoms with Crippen LogP contribution in [0.1, 0.15) is 18.1 Å². The Balaban J connectivity index is 0.000000342. The molecule has 0 radical (unpaired) electrons. The molecule has 4 aromatic carbocycles. The quantitative estimate of drug-likeness (QED) is 0.226. The van der Waals surface area contributed by atoms with Gasteiger partial charge in [-0.1, -0.05) is 43.3 Å². The fourth-order valence-corrected chi connectivity index (χ4v) is 4.04. The van der Waals surface area contributed by atoms with Gasteiger partial charge >= 0.3 is 0 Å². The van der Waals surface area contributed by atoms with Gasteiger partial charge in [-0.2, -0.15) is 0 Å². The number of aryl methyl sites for hydroxylation is 2. The van der Waals surface area contributed by atoms with Crippen molar-refractivity contribution < 1.29 is 23.4 Å². The standard InChI is InChI=1S/C25H24O4.C7H8O/c1-5-17-13-20-16(2)24(29-25(20)23(14-17)27-4)18-11-12-21(22(15-18)26-3)28-19-9-7-6-8-10-19;1-8-7-5-3-2-4-6-7/h6-15H,5H2,1-4H3;2-6H,1H3. The smallest absolute Gasteiger partial charge is 0.176 e. The van der Waals surface area contributed by atoms with Crippen molar-refractivity contribution in [3.8, 4) is 40.1 Å². The molecule has 37 heavy (non-hydrogen) atoms. The molecule has 1 heterocycles. The first kappa shape index (κ1) is 25.7. The van der Waals surface area contributed by atoms with Crippen molar-refractivity contribution in [1.29, 1.82) is 0 Å². The average Bonchev–Trinajstić information content (AvgIpc) is 3.30. The van der Waals surface area contributed by atoms with Crippen LogP contribution in [0.3, 0.4) is 0 Å². The Morgan fingerprint density at radius 3 is 1.86 bits per heavy atom. The Morgan fingerprint density at radius 1 is 0.649 bits per heavy atom. The third-order valence-electron chi connectivity index (χ3n) is 6.07. The van der Waals surface area contributed by atoms with Gasteiger partial charge in [0.15, 0.2) is 22.8 Å². The topological polar surface area (TPSA) is 50.1 Å². The highest BCUT2D eigenvalue weighted by atomic mass is 16.5. The first-order valence-corrected chi connectivity index (χ1v) is 12.2. The van der Waals surface area contributed by atoms with Crippen molar-refractivity contribution in [3.05, 3.63) is 102 Å². The van der Waals surface area contributed by atoms with E-state index in [0.717, 1.165) is 51.5 Å². The third-order valence-corrected chi connectivity index (χ3v) is 6.07. The first-order chi connectivity index (χ1) is 18.1. The van der Waals surface area contributed by atoms with Crippen molar-refractivity contribution in [2.24, 2.45) is 0 Å². The zero-order chi connectivity index (χ0) is 26.2. The van der Waals surface area contributed by atoms with Crippen LogP contribution in [-0.4, -0.2) is 21.3 Å². The SMILES string of the molecule is CCc1cc(OC)c2oc(-c3ccc(Oc4ccccc4)c(OC)c3)c(C)c2c1.COc1ccccc1. The van der Waals surface area contributed by atoms with E-state index in [1.807, 2.05) is 84.9 Å². The lowest BCUT2D eigenvalue weighted by Crippen LogP contribution is -1.91. The van der Waals surface area contributed by atoms with Crippen LogP contribution in [0, 0.1) is 6.92 Å². The van der Waals surface area contributed by atoms with Gasteiger partial charge in [0, 0.05) is 16.5 Å². The Kier molecular flexibility index (Phi) is 8.37. The fraction of sp³-hybridized carbons (Fsp3) is 0.188. The Hall–Kier alpha value is -4.38. The summed E-state index contributed by atoms with van der Waals surface area (Å²) in [5, 5.41) is 1.07. The third kappa shape index (κ3) is 5.89. The molecule has 0 aliphatic carbocycles. The predicted octanol–water partition coefficient (Wildman–Crippen LogP) is 8.48. The van der Waals surface area contributed by atoms with Crippen LogP contribution >= 0.6 is 0 Å². The van der Waals surface area contributed by atoms with Crippen LogP contribution in [0.4, 0.5) is 0 Å². The summed E-state index contributed by atoms with van der Waals surface area (Å²) in [5.74, 6) is 4.53. The molecule has 0 spiro atoms. The maximum absolute atomic E-state index is 6.24. The molecule has 0 N–H and O–H groups in total. The minimum absolute atomic E-state index is 0.646. The minimum atomic E-state index is 0.646. The second-order valence-electron chi connectivity index (χ2n) is 8.38. The Labute approximate surface area is 218 Å². The fourth-order valence-electron chi connectivity index (χ4n) is 4.04. The summed E-state index contributed by atoms with van der Waals surface area (Å²) >= 11 is 0. The average molecular weight is 497 g/mol. The van der Waals surface area contributed by atoms with E-state index in [9.17, 15) is 0 Å². The number of hydrogen-bond donors (Lipinski definition) is 0. The van der Waals surface area contributed by atoms with Crippen molar-refractivity contribution in [3.63, 3.8) is 0 Å². The summed E-state index contributed by atoms with van der Waals surface area (Å²) in [6, 6.07) is 29.4. The highest BCUT2D eigenvalue weighted by molar-refractivity contribution is 5.92. The summed E-state index contributed by atoms with van der Waals surface area (Å²) in [6.45, 7) is 4.20. The number of rotatable bonds is 7. The molecule has 1 aromatic heterocycles. The summed E-state index contributed by atoms with van der Waals surface area (Å²) in [4.78, 5) is 0. The molecular weight excluding hydrogens is 464 g/mol. The van der Waals surface area contributed by atoms with E-state index in [-0.39, 0.29) is 0 Å². The van der Waals surface area contributed by atoms with Gasteiger partial charge < -0.3 is 23.4 Å². The first-order valence-electron chi connectivity index (χ1n) is 12.2. The van der Waals surface area contributed by atoms with E-state index in [2.05, 4.69) is 19.9 Å². The molecule has 0 aliphatic rings. The minimum Gasteiger partial charge on any atom is -0.497 e. The summed E-state index contributed by atoms with van der Waals surface area (Å²) in [6.07, 6.45) is 0.936. The summed E-state index contributed by atoms with van der Waals surface area (Å²) in [5.41, 5.74) is 3.98. The van der Waals surface area contributed by atoms with Crippen molar-refractivity contribution >= 4 is 11.0 Å². The lowest BCUT2D eigenvalue weighted by atomic mass is 10.0. The monoisotopic (exact) mass is 496 g/mol. The normalized spacial score (nSPS) is 10.4. The molecule has 0 fully saturated rings. The number of furan rings is 1. The molecule has 0 bridgehead atoms. The van der Waals surface area contributed by atoms with E-state index >= 15 is 0 Å². The molecule has 5 aromatic rings. The van der Waals surface area contributed by atoms with Gasteiger partial charge in [-0.25, -0.2) is 0 Å². The van der Waals surface area contributed by atoms with Crippen LogP contribution in [0.15, 0.2) is 95.4 Å². The molecule has 0 amide bonds. The molecular formula is C32H32O5. The molecule has 0 saturated heterocycles. The zero-order valence-electron chi connectivity index (χ0n) is 21.9. The number of hydrogen-bond acceptors (Lipinski definition) is 5. The van der Waals surface area contributed by atoms with Crippen LogP contribution < -0.4 is 18.9 Å². The second-order valence-corrected chi connectivity index (χ2v) is 8.38. The van der Waals surface area contributed by atoms with E-state index < -0.39 is 0 Å². The molecule has 0 atom stereocenters. The number of ether oxygens (including phenoxy) is 4. The Morgan fingerprint density at radius 2 is 1.30 bits per heavy atom. The molecule has 190 valence electrons. The van der Waals surface area contributed by atoms with Crippen LogP contribution in [0.5, 0.6) is 28.7 Å². The molecule has 0 aliphatic heterocycles. The van der Waals surface area contributed by atoms with E-state index in [1.54, 1.807) is 21.3 Å². The Bertz CT molecular complexity index is 1440. The van der Waals surface area contributed by atoms with Crippen molar-refractivity contribution in [2.75, 3.05) is 21.3 Å². The van der Waals surface area contributed by atoms with Gasteiger partial charge in [0.1, 0.15) is 17.3 Å². The molecule has 5 nitrogen and oxygen atoms in total. The van der Waals surface area contributed by atoms with E-state index in [1.165, 1.54) is 5.56 Å². The van der Waals surface area contributed by atoms with Crippen LogP contribution in [-0.2, 0) is 6.42 Å². The van der Waals surface area contributed by atoms with Crippen LogP contribution in [0.2, 0.25) is 0 Å². The van der Waals surface area contributed by atoms with E-state index in [4.69, 9.17) is 23.4 Å². The maximum Gasteiger partial charge on any atom is 0.176 e.